The van der Waals surface area contributed by atoms with Crippen molar-refractivity contribution in [1.82, 2.24) is 14.9 Å². The van der Waals surface area contributed by atoms with Crippen molar-refractivity contribution in [2.75, 3.05) is 6.54 Å². The van der Waals surface area contributed by atoms with E-state index in [1.54, 1.807) is 6.07 Å². The molecule has 2 N–H and O–H groups in total. The highest BCUT2D eigenvalue weighted by Crippen LogP contribution is 2.12. The largest absolute Gasteiger partial charge is 0.391 e. The third-order valence-electron chi connectivity index (χ3n) is 3.20. The molecule has 106 valence electrons. The van der Waals surface area contributed by atoms with Crippen LogP contribution in [0.15, 0.2) is 23.3 Å². The van der Waals surface area contributed by atoms with Crippen molar-refractivity contribution in [3.63, 3.8) is 0 Å². The number of carbonyl (C=O) groups is 1. The van der Waals surface area contributed by atoms with Gasteiger partial charge in [-0.25, -0.2) is 9.78 Å². The Morgan fingerprint density at radius 2 is 2.16 bits per heavy atom. The summed E-state index contributed by atoms with van der Waals surface area (Å²) in [5, 5.41) is 12.5. The highest BCUT2D eigenvalue weighted by molar-refractivity contribution is 5.75. The number of hydrogen-bond acceptors (Lipinski definition) is 4. The second-order valence-electron chi connectivity index (χ2n) is 4.48. The quantitative estimate of drug-likeness (QED) is 0.737. The first kappa shape index (κ1) is 15.4. The first-order valence-electron chi connectivity index (χ1n) is 6.54. The van der Waals surface area contributed by atoms with Crippen LogP contribution in [0.1, 0.15) is 26.7 Å². The molecule has 1 heterocycles. The Morgan fingerprint density at radius 1 is 1.47 bits per heavy atom. The molecule has 6 nitrogen and oxygen atoms in total. The number of nitrogens with one attached hydrogen (secondary N) is 1. The molecule has 1 rings (SSSR count). The zero-order valence-electron chi connectivity index (χ0n) is 11.4. The third kappa shape index (κ3) is 4.82. The SMILES string of the molecule is CCC(CC)C(O)CNC(=O)Cn1cccnc1=O. The summed E-state index contributed by atoms with van der Waals surface area (Å²) in [5.74, 6) is -0.124. The topological polar surface area (TPSA) is 84.2 Å². The van der Waals surface area contributed by atoms with E-state index >= 15 is 0 Å². The molecule has 0 spiro atoms. The van der Waals surface area contributed by atoms with E-state index in [0.717, 1.165) is 12.8 Å². The Hall–Kier alpha value is -1.69. The summed E-state index contributed by atoms with van der Waals surface area (Å²) in [6.07, 6.45) is 4.08. The molecule has 19 heavy (non-hydrogen) atoms. The molecule has 0 aliphatic heterocycles. The van der Waals surface area contributed by atoms with Crippen LogP contribution in [0.5, 0.6) is 0 Å². The number of nitrogens with zero attached hydrogens (tertiary/aromatic N) is 2. The lowest BCUT2D eigenvalue weighted by Gasteiger charge is -2.20. The first-order chi connectivity index (χ1) is 9.08. The number of amides is 1. The Bertz CT molecular complexity index is 454. The average Bonchev–Trinajstić information content (AvgIpc) is 2.40. The van der Waals surface area contributed by atoms with Gasteiger partial charge in [-0.1, -0.05) is 26.7 Å². The summed E-state index contributed by atoms with van der Waals surface area (Å²) in [4.78, 5) is 26.5. The zero-order chi connectivity index (χ0) is 14.3. The number of carbonyl (C=O) groups excluding carboxylic acids is 1. The molecule has 0 bridgehead atoms. The summed E-state index contributed by atoms with van der Waals surface area (Å²) in [7, 11) is 0. The minimum absolute atomic E-state index is 0.0810. The third-order valence-corrected chi connectivity index (χ3v) is 3.20. The van der Waals surface area contributed by atoms with Crippen LogP contribution in [0.4, 0.5) is 0 Å². The Labute approximate surface area is 112 Å². The number of aromatic nitrogens is 2. The second kappa shape index (κ2) is 7.68. The molecule has 0 saturated carbocycles. The minimum Gasteiger partial charge on any atom is -0.391 e. The maximum atomic E-state index is 11.7. The first-order valence-corrected chi connectivity index (χ1v) is 6.54. The maximum absolute atomic E-state index is 11.7. The Kier molecular flexibility index (Phi) is 6.21. The Morgan fingerprint density at radius 3 is 2.74 bits per heavy atom. The summed E-state index contributed by atoms with van der Waals surface area (Å²) >= 11 is 0. The summed E-state index contributed by atoms with van der Waals surface area (Å²) in [6.45, 7) is 4.14. The molecule has 0 saturated heterocycles. The second-order valence-corrected chi connectivity index (χ2v) is 4.48. The molecule has 0 aliphatic carbocycles. The number of aliphatic hydroxyl groups excluding tert-OH is 1. The van der Waals surface area contributed by atoms with Crippen molar-refractivity contribution >= 4 is 5.91 Å². The number of rotatable bonds is 7. The summed E-state index contributed by atoms with van der Waals surface area (Å²) < 4.78 is 1.22. The van der Waals surface area contributed by atoms with Crippen molar-refractivity contribution in [3.05, 3.63) is 28.9 Å². The summed E-state index contributed by atoms with van der Waals surface area (Å²) in [5.41, 5.74) is -0.460. The number of hydrogen-bond donors (Lipinski definition) is 2. The molecule has 0 radical (unpaired) electrons. The fraction of sp³-hybridized carbons (Fsp3) is 0.615. The van der Waals surface area contributed by atoms with Gasteiger partial charge in [0.05, 0.1) is 6.10 Å². The van der Waals surface area contributed by atoms with Crippen LogP contribution >= 0.6 is 0 Å². The van der Waals surface area contributed by atoms with Gasteiger partial charge in [-0.3, -0.25) is 9.36 Å². The van der Waals surface area contributed by atoms with Crippen LogP contribution in [0.25, 0.3) is 0 Å². The fourth-order valence-corrected chi connectivity index (χ4v) is 1.94. The van der Waals surface area contributed by atoms with Gasteiger partial charge in [-0.2, -0.15) is 0 Å². The average molecular weight is 267 g/mol. The standard InChI is InChI=1S/C13H21N3O3/c1-3-10(4-2)11(17)8-15-12(18)9-16-7-5-6-14-13(16)19/h5-7,10-11,17H,3-4,8-9H2,1-2H3,(H,15,18). The van der Waals surface area contributed by atoms with E-state index in [1.165, 1.54) is 17.0 Å². The van der Waals surface area contributed by atoms with Crippen LogP contribution in [0.3, 0.4) is 0 Å². The van der Waals surface area contributed by atoms with Crippen molar-refractivity contribution < 1.29 is 9.90 Å². The van der Waals surface area contributed by atoms with E-state index in [4.69, 9.17) is 0 Å². The van der Waals surface area contributed by atoms with Crippen LogP contribution in [-0.4, -0.2) is 33.2 Å². The van der Waals surface area contributed by atoms with Gasteiger partial charge in [0.2, 0.25) is 5.91 Å². The van der Waals surface area contributed by atoms with Crippen molar-refractivity contribution in [2.45, 2.75) is 39.3 Å². The van der Waals surface area contributed by atoms with Gasteiger partial charge in [0.25, 0.3) is 0 Å². The molecule has 0 fully saturated rings. The van der Waals surface area contributed by atoms with Gasteiger partial charge in [0.15, 0.2) is 0 Å². The lowest BCUT2D eigenvalue weighted by atomic mass is 9.96. The molecule has 0 aliphatic rings. The van der Waals surface area contributed by atoms with Gasteiger partial charge in [-0.05, 0) is 12.0 Å². The van der Waals surface area contributed by atoms with E-state index in [-0.39, 0.29) is 24.9 Å². The predicted molar refractivity (Wildman–Crippen MR) is 71.6 cm³/mol. The van der Waals surface area contributed by atoms with E-state index in [1.807, 2.05) is 13.8 Å². The minimum atomic E-state index is -0.551. The van der Waals surface area contributed by atoms with Crippen LogP contribution in [0.2, 0.25) is 0 Å². The van der Waals surface area contributed by atoms with Gasteiger partial charge >= 0.3 is 5.69 Å². The van der Waals surface area contributed by atoms with E-state index in [9.17, 15) is 14.7 Å². The highest BCUT2D eigenvalue weighted by Gasteiger charge is 2.16. The van der Waals surface area contributed by atoms with Crippen molar-refractivity contribution in [2.24, 2.45) is 5.92 Å². The zero-order valence-corrected chi connectivity index (χ0v) is 11.4. The highest BCUT2D eigenvalue weighted by atomic mass is 16.3. The number of aliphatic hydroxyl groups is 1. The normalized spacial score (nSPS) is 12.4. The molecule has 1 amide bonds. The molecule has 1 aromatic rings. The molecular weight excluding hydrogens is 246 g/mol. The lowest BCUT2D eigenvalue weighted by Crippen LogP contribution is -2.39. The predicted octanol–water partition coefficient (Wildman–Crippen LogP) is 0.157. The maximum Gasteiger partial charge on any atom is 0.347 e. The van der Waals surface area contributed by atoms with Crippen molar-refractivity contribution in [3.8, 4) is 0 Å². The van der Waals surface area contributed by atoms with Gasteiger partial charge in [0.1, 0.15) is 6.54 Å². The lowest BCUT2D eigenvalue weighted by molar-refractivity contribution is -0.122. The molecule has 0 aromatic carbocycles. The van der Waals surface area contributed by atoms with Crippen LogP contribution < -0.4 is 11.0 Å². The van der Waals surface area contributed by atoms with Gasteiger partial charge in [0, 0.05) is 18.9 Å². The molecule has 1 unspecified atom stereocenters. The molecule has 6 heteroatoms. The monoisotopic (exact) mass is 267 g/mol. The van der Waals surface area contributed by atoms with Gasteiger partial charge < -0.3 is 10.4 Å². The van der Waals surface area contributed by atoms with Crippen LogP contribution in [0, 0.1) is 5.92 Å². The van der Waals surface area contributed by atoms with E-state index in [0.29, 0.717) is 0 Å². The molecule has 1 aromatic heterocycles. The van der Waals surface area contributed by atoms with E-state index in [2.05, 4.69) is 10.3 Å². The molecular formula is C13H21N3O3. The smallest absolute Gasteiger partial charge is 0.347 e. The van der Waals surface area contributed by atoms with E-state index < -0.39 is 11.8 Å². The van der Waals surface area contributed by atoms with Gasteiger partial charge in [-0.15, -0.1) is 0 Å². The van der Waals surface area contributed by atoms with Crippen LogP contribution in [-0.2, 0) is 11.3 Å². The summed E-state index contributed by atoms with van der Waals surface area (Å²) in [6, 6.07) is 1.59. The Balaban J connectivity index is 2.44. The fourth-order valence-electron chi connectivity index (χ4n) is 1.94. The molecule has 1 atom stereocenters. The van der Waals surface area contributed by atoms with Crippen molar-refractivity contribution in [1.29, 1.82) is 0 Å².